The largest absolute Gasteiger partial charge is 0.480 e. The fourth-order valence-electron chi connectivity index (χ4n) is 5.54. The number of carbonyl (C=O) groups is 3. The standard InChI is InChI=1S/C39H72N2O5/c1-3-5-7-9-11-13-15-17-23-27-33-38(43)46-35(29-24-20-16-14-12-10-8-6-4-2)30-25-21-18-19-22-26-32-37(42)41-36(39(44)45)31-28-34-40/h7,9,24,29,35-36H,3-6,8,10-23,25-28,30-34,40H2,1-2H3,(H,41,42)(H,44,45)/b9-7-,29-24-. The Labute approximate surface area is 283 Å². The van der Waals surface area contributed by atoms with Crippen LogP contribution in [0.2, 0.25) is 0 Å². The number of rotatable bonds is 34. The Bertz CT molecular complexity index is 782. The molecule has 0 bridgehead atoms. The van der Waals surface area contributed by atoms with Crippen molar-refractivity contribution in [3.8, 4) is 0 Å². The molecule has 1 amide bonds. The zero-order chi connectivity index (χ0) is 33.9. The Morgan fingerprint density at radius 1 is 0.630 bits per heavy atom. The van der Waals surface area contributed by atoms with Gasteiger partial charge < -0.3 is 20.9 Å². The molecule has 0 saturated heterocycles. The Morgan fingerprint density at radius 3 is 1.78 bits per heavy atom. The number of nitrogens with one attached hydrogen (secondary N) is 1. The van der Waals surface area contributed by atoms with Gasteiger partial charge in [-0.05, 0) is 83.2 Å². The maximum absolute atomic E-state index is 12.6. The van der Waals surface area contributed by atoms with Crippen molar-refractivity contribution >= 4 is 17.8 Å². The predicted molar refractivity (Wildman–Crippen MR) is 193 cm³/mol. The van der Waals surface area contributed by atoms with E-state index in [1.54, 1.807) is 0 Å². The highest BCUT2D eigenvalue weighted by Gasteiger charge is 2.18. The van der Waals surface area contributed by atoms with E-state index in [1.165, 1.54) is 77.0 Å². The van der Waals surface area contributed by atoms with Crippen molar-refractivity contribution in [1.82, 2.24) is 5.32 Å². The van der Waals surface area contributed by atoms with Crippen LogP contribution in [0.15, 0.2) is 24.3 Å². The molecule has 7 heteroatoms. The summed E-state index contributed by atoms with van der Waals surface area (Å²) < 4.78 is 5.92. The van der Waals surface area contributed by atoms with E-state index < -0.39 is 12.0 Å². The van der Waals surface area contributed by atoms with Crippen LogP contribution in [-0.2, 0) is 19.1 Å². The monoisotopic (exact) mass is 649 g/mol. The van der Waals surface area contributed by atoms with Crippen LogP contribution in [0.3, 0.4) is 0 Å². The van der Waals surface area contributed by atoms with Crippen LogP contribution in [0.4, 0.5) is 0 Å². The van der Waals surface area contributed by atoms with Crippen LogP contribution in [0.25, 0.3) is 0 Å². The minimum atomic E-state index is -1.00. The van der Waals surface area contributed by atoms with E-state index in [2.05, 4.69) is 43.5 Å². The number of nitrogens with two attached hydrogens (primary N) is 1. The van der Waals surface area contributed by atoms with Crippen LogP contribution >= 0.6 is 0 Å². The minimum Gasteiger partial charge on any atom is -0.480 e. The second-order valence-electron chi connectivity index (χ2n) is 13.0. The van der Waals surface area contributed by atoms with Crippen LogP contribution in [-0.4, -0.2) is 41.6 Å². The smallest absolute Gasteiger partial charge is 0.326 e. The van der Waals surface area contributed by atoms with Crippen LogP contribution < -0.4 is 11.1 Å². The number of carboxylic acid groups (broad SMARTS) is 1. The first-order valence-electron chi connectivity index (χ1n) is 19.2. The zero-order valence-electron chi connectivity index (χ0n) is 29.9. The van der Waals surface area contributed by atoms with Crippen molar-refractivity contribution in [2.24, 2.45) is 5.73 Å². The lowest BCUT2D eigenvalue weighted by Gasteiger charge is -2.15. The maximum Gasteiger partial charge on any atom is 0.326 e. The Balaban J connectivity index is 4.33. The van der Waals surface area contributed by atoms with Gasteiger partial charge in [-0.15, -0.1) is 0 Å². The molecule has 268 valence electrons. The summed E-state index contributed by atoms with van der Waals surface area (Å²) in [6.45, 7) is 4.87. The van der Waals surface area contributed by atoms with Gasteiger partial charge in [0, 0.05) is 12.8 Å². The van der Waals surface area contributed by atoms with E-state index in [0.29, 0.717) is 32.2 Å². The highest BCUT2D eigenvalue weighted by molar-refractivity contribution is 5.83. The molecule has 0 aliphatic carbocycles. The summed E-state index contributed by atoms with van der Waals surface area (Å²) in [5, 5.41) is 11.9. The molecule has 0 heterocycles. The lowest BCUT2D eigenvalue weighted by molar-refractivity contribution is -0.147. The van der Waals surface area contributed by atoms with Gasteiger partial charge in [-0.1, -0.05) is 122 Å². The minimum absolute atomic E-state index is 0.0699. The summed E-state index contributed by atoms with van der Waals surface area (Å²) >= 11 is 0. The van der Waals surface area contributed by atoms with Crippen molar-refractivity contribution in [2.45, 2.75) is 199 Å². The highest BCUT2D eigenvalue weighted by Crippen LogP contribution is 2.16. The number of hydrogen-bond acceptors (Lipinski definition) is 5. The maximum atomic E-state index is 12.6. The van der Waals surface area contributed by atoms with Crippen LogP contribution in [0.5, 0.6) is 0 Å². The first-order valence-corrected chi connectivity index (χ1v) is 19.2. The van der Waals surface area contributed by atoms with Crippen molar-refractivity contribution in [1.29, 1.82) is 0 Å². The third-order valence-electron chi connectivity index (χ3n) is 8.45. The number of hydrogen-bond donors (Lipinski definition) is 3. The molecule has 0 radical (unpaired) electrons. The van der Waals surface area contributed by atoms with Gasteiger partial charge in [-0.2, -0.15) is 0 Å². The van der Waals surface area contributed by atoms with Gasteiger partial charge in [0.1, 0.15) is 12.1 Å². The molecule has 0 aromatic rings. The average Bonchev–Trinajstić information content (AvgIpc) is 3.03. The van der Waals surface area contributed by atoms with Crippen LogP contribution in [0.1, 0.15) is 187 Å². The molecular formula is C39H72N2O5. The second kappa shape index (κ2) is 34.2. The number of amides is 1. The van der Waals surface area contributed by atoms with E-state index in [-0.39, 0.29) is 18.0 Å². The summed E-state index contributed by atoms with van der Waals surface area (Å²) in [7, 11) is 0. The molecule has 0 fully saturated rings. The van der Waals surface area contributed by atoms with Gasteiger partial charge in [0.25, 0.3) is 0 Å². The van der Waals surface area contributed by atoms with E-state index >= 15 is 0 Å². The molecule has 4 N–H and O–H groups in total. The SMILES string of the molecule is CCC/C=C\CCCCCCCC(=O)OC(/C=C\CCCCCCCCC)CCCCCCCCC(=O)NC(CCCN)C(=O)O. The van der Waals surface area contributed by atoms with Gasteiger partial charge in [-0.25, -0.2) is 4.79 Å². The van der Waals surface area contributed by atoms with E-state index in [9.17, 15) is 19.5 Å². The average molecular weight is 649 g/mol. The van der Waals surface area contributed by atoms with Crippen molar-refractivity contribution in [3.05, 3.63) is 24.3 Å². The van der Waals surface area contributed by atoms with Crippen molar-refractivity contribution in [2.75, 3.05) is 6.54 Å². The van der Waals surface area contributed by atoms with Crippen LogP contribution in [0, 0.1) is 0 Å². The molecule has 0 spiro atoms. The molecule has 0 aliphatic heterocycles. The molecule has 0 saturated carbocycles. The second-order valence-corrected chi connectivity index (χ2v) is 13.0. The number of aliphatic carboxylic acids is 1. The number of esters is 1. The zero-order valence-corrected chi connectivity index (χ0v) is 29.9. The molecule has 2 atom stereocenters. The van der Waals surface area contributed by atoms with E-state index in [4.69, 9.17) is 10.5 Å². The number of ether oxygens (including phenoxy) is 1. The van der Waals surface area contributed by atoms with E-state index in [0.717, 1.165) is 70.6 Å². The Kier molecular flexibility index (Phi) is 32.6. The lowest BCUT2D eigenvalue weighted by atomic mass is 10.0. The third-order valence-corrected chi connectivity index (χ3v) is 8.45. The third kappa shape index (κ3) is 30.5. The van der Waals surface area contributed by atoms with Crippen molar-refractivity contribution < 1.29 is 24.2 Å². The number of allylic oxidation sites excluding steroid dienone is 3. The fourth-order valence-corrected chi connectivity index (χ4v) is 5.54. The van der Waals surface area contributed by atoms with Gasteiger partial charge >= 0.3 is 11.9 Å². The molecular weight excluding hydrogens is 576 g/mol. The highest BCUT2D eigenvalue weighted by atomic mass is 16.5. The summed E-state index contributed by atoms with van der Waals surface area (Å²) in [4.78, 5) is 36.1. The molecule has 0 rings (SSSR count). The van der Waals surface area contributed by atoms with E-state index in [1.807, 2.05) is 0 Å². The first kappa shape index (κ1) is 43.9. The van der Waals surface area contributed by atoms with Gasteiger partial charge in [0.05, 0.1) is 0 Å². The molecule has 2 unspecified atom stereocenters. The summed E-state index contributed by atoms with van der Waals surface area (Å²) in [5.74, 6) is -1.28. The van der Waals surface area contributed by atoms with Crippen molar-refractivity contribution in [3.63, 3.8) is 0 Å². The van der Waals surface area contributed by atoms with Gasteiger partial charge in [0.15, 0.2) is 0 Å². The number of carboxylic acids is 1. The molecule has 0 aliphatic rings. The Hall–Kier alpha value is -2.15. The summed E-state index contributed by atoms with van der Waals surface area (Å²) in [5.41, 5.74) is 5.46. The summed E-state index contributed by atoms with van der Waals surface area (Å²) in [6.07, 6.45) is 36.6. The van der Waals surface area contributed by atoms with Gasteiger partial charge in [-0.3, -0.25) is 9.59 Å². The first-order chi connectivity index (χ1) is 22.4. The lowest BCUT2D eigenvalue weighted by Crippen LogP contribution is -2.40. The normalized spacial score (nSPS) is 12.9. The topological polar surface area (TPSA) is 119 Å². The number of carbonyl (C=O) groups excluding carboxylic acids is 2. The Morgan fingerprint density at radius 2 is 1.17 bits per heavy atom. The summed E-state index contributed by atoms with van der Waals surface area (Å²) in [6, 6.07) is -0.851. The molecule has 0 aromatic carbocycles. The quantitative estimate of drug-likeness (QED) is 0.0363. The number of unbranched alkanes of at least 4 members (excludes halogenated alkanes) is 18. The molecule has 7 nitrogen and oxygen atoms in total. The molecule has 46 heavy (non-hydrogen) atoms. The predicted octanol–water partition coefficient (Wildman–Crippen LogP) is 10.1. The molecule has 0 aromatic heterocycles. The van der Waals surface area contributed by atoms with Gasteiger partial charge in [0.2, 0.25) is 5.91 Å². The fraction of sp³-hybridized carbons (Fsp3) is 0.821.